The minimum Gasteiger partial charge on any atom is -0.369 e. The van der Waals surface area contributed by atoms with Crippen LogP contribution in [0.5, 0.6) is 0 Å². The third-order valence-electron chi connectivity index (χ3n) is 2.09. The van der Waals surface area contributed by atoms with E-state index in [-0.39, 0.29) is 4.21 Å². The highest BCUT2D eigenvalue weighted by atomic mass is 79.9. The SMILES string of the molecule is Cc1cc(S(=O)(=O)N(CC(N)=O)CC(N)=O)sc1Br. The highest BCUT2D eigenvalue weighted by Crippen LogP contribution is 2.32. The molecule has 1 aromatic heterocycles. The van der Waals surface area contributed by atoms with Crippen molar-refractivity contribution in [1.82, 2.24) is 4.31 Å². The zero-order valence-corrected chi connectivity index (χ0v) is 13.1. The molecule has 1 aromatic rings. The third kappa shape index (κ3) is 4.00. The maximum absolute atomic E-state index is 12.3. The molecule has 0 aromatic carbocycles. The maximum atomic E-state index is 12.3. The Morgan fingerprint density at radius 2 is 1.79 bits per heavy atom. The molecule has 2 amide bonds. The van der Waals surface area contributed by atoms with E-state index in [0.717, 1.165) is 16.9 Å². The lowest BCUT2D eigenvalue weighted by Gasteiger charge is -2.17. The molecule has 0 saturated heterocycles. The number of hydrogen-bond donors (Lipinski definition) is 2. The Balaban J connectivity index is 3.18. The molecule has 10 heteroatoms. The lowest BCUT2D eigenvalue weighted by atomic mass is 10.4. The number of amides is 2. The van der Waals surface area contributed by atoms with E-state index >= 15 is 0 Å². The summed E-state index contributed by atoms with van der Waals surface area (Å²) in [6.07, 6.45) is 0. The van der Waals surface area contributed by atoms with Gasteiger partial charge in [0.1, 0.15) is 4.21 Å². The second-order valence-electron chi connectivity index (χ2n) is 3.73. The van der Waals surface area contributed by atoms with Crippen molar-refractivity contribution in [2.45, 2.75) is 11.1 Å². The van der Waals surface area contributed by atoms with Gasteiger partial charge in [-0.25, -0.2) is 8.42 Å². The highest BCUT2D eigenvalue weighted by Gasteiger charge is 2.29. The summed E-state index contributed by atoms with van der Waals surface area (Å²) >= 11 is 4.20. The van der Waals surface area contributed by atoms with E-state index in [4.69, 9.17) is 11.5 Å². The number of halogens is 1. The van der Waals surface area contributed by atoms with Gasteiger partial charge in [-0.3, -0.25) is 9.59 Å². The zero-order chi connectivity index (χ0) is 14.8. The van der Waals surface area contributed by atoms with Crippen molar-refractivity contribution in [2.75, 3.05) is 13.1 Å². The number of sulfonamides is 1. The Morgan fingerprint density at radius 3 is 2.11 bits per heavy atom. The van der Waals surface area contributed by atoms with Gasteiger partial charge in [-0.1, -0.05) is 0 Å². The predicted octanol–water partition coefficient (Wildman–Crippen LogP) is -0.220. The standard InChI is InChI=1S/C9H12BrN3O4S2/c1-5-2-8(18-9(5)10)19(16,17)13(3-6(11)14)4-7(12)15/h2H,3-4H2,1H3,(H2,11,14)(H2,12,15). The lowest BCUT2D eigenvalue weighted by molar-refractivity contribution is -0.120. The molecule has 0 aliphatic carbocycles. The second kappa shape index (κ2) is 5.99. The Labute approximate surface area is 122 Å². The van der Waals surface area contributed by atoms with Gasteiger partial charge in [0.05, 0.1) is 16.9 Å². The van der Waals surface area contributed by atoms with Gasteiger partial charge in [0.2, 0.25) is 11.8 Å². The van der Waals surface area contributed by atoms with E-state index in [1.165, 1.54) is 6.07 Å². The van der Waals surface area contributed by atoms with Crippen molar-refractivity contribution in [3.05, 3.63) is 15.4 Å². The van der Waals surface area contributed by atoms with Crippen molar-refractivity contribution in [2.24, 2.45) is 11.5 Å². The summed E-state index contributed by atoms with van der Waals surface area (Å²) in [7, 11) is -3.97. The van der Waals surface area contributed by atoms with E-state index < -0.39 is 34.9 Å². The number of aryl methyl sites for hydroxylation is 1. The number of hydrogen-bond acceptors (Lipinski definition) is 5. The van der Waals surface area contributed by atoms with Gasteiger partial charge in [-0.15, -0.1) is 11.3 Å². The van der Waals surface area contributed by atoms with Gasteiger partial charge in [-0.2, -0.15) is 4.31 Å². The number of carbonyl (C=O) groups is 2. The normalized spacial score (nSPS) is 11.7. The van der Waals surface area contributed by atoms with Crippen LogP contribution in [0.4, 0.5) is 0 Å². The molecular formula is C9H12BrN3O4S2. The van der Waals surface area contributed by atoms with Gasteiger partial charge in [0.15, 0.2) is 0 Å². The molecule has 19 heavy (non-hydrogen) atoms. The van der Waals surface area contributed by atoms with Crippen LogP contribution in [0.2, 0.25) is 0 Å². The van der Waals surface area contributed by atoms with Crippen LogP contribution in [0, 0.1) is 6.92 Å². The van der Waals surface area contributed by atoms with E-state index in [9.17, 15) is 18.0 Å². The van der Waals surface area contributed by atoms with E-state index in [1.807, 2.05) is 0 Å². The number of rotatable bonds is 6. The molecule has 0 fully saturated rings. The molecular weight excluding hydrogens is 358 g/mol. The zero-order valence-electron chi connectivity index (χ0n) is 9.92. The van der Waals surface area contributed by atoms with Crippen molar-refractivity contribution < 1.29 is 18.0 Å². The van der Waals surface area contributed by atoms with Gasteiger partial charge >= 0.3 is 0 Å². The van der Waals surface area contributed by atoms with Gasteiger partial charge in [0, 0.05) is 0 Å². The van der Waals surface area contributed by atoms with Crippen LogP contribution in [0.3, 0.4) is 0 Å². The van der Waals surface area contributed by atoms with Crippen LogP contribution >= 0.6 is 27.3 Å². The molecule has 0 aliphatic heterocycles. The van der Waals surface area contributed by atoms with Crippen molar-refractivity contribution in [3.63, 3.8) is 0 Å². The molecule has 1 rings (SSSR count). The first-order valence-electron chi connectivity index (χ1n) is 4.97. The number of primary amides is 2. The smallest absolute Gasteiger partial charge is 0.253 e. The summed E-state index contributed by atoms with van der Waals surface area (Å²) in [5.74, 6) is -1.73. The number of nitrogens with zero attached hydrogens (tertiary/aromatic N) is 1. The second-order valence-corrected chi connectivity index (χ2v) is 8.26. The van der Waals surface area contributed by atoms with Crippen LogP contribution in [0.25, 0.3) is 0 Å². The summed E-state index contributed by atoms with van der Waals surface area (Å²) in [6.45, 7) is 0.534. The molecule has 0 spiro atoms. The van der Waals surface area contributed by atoms with Crippen LogP contribution in [0.1, 0.15) is 5.56 Å². The van der Waals surface area contributed by atoms with Crippen molar-refractivity contribution in [3.8, 4) is 0 Å². The fourth-order valence-corrected chi connectivity index (χ4v) is 5.01. The molecule has 4 N–H and O–H groups in total. The van der Waals surface area contributed by atoms with Crippen LogP contribution in [-0.2, 0) is 19.6 Å². The molecule has 0 radical (unpaired) electrons. The Morgan fingerprint density at radius 1 is 1.32 bits per heavy atom. The van der Waals surface area contributed by atoms with Gasteiger partial charge in [-0.05, 0) is 34.5 Å². The number of nitrogens with two attached hydrogens (primary N) is 2. The lowest BCUT2D eigenvalue weighted by Crippen LogP contribution is -2.43. The quantitative estimate of drug-likeness (QED) is 0.718. The minimum absolute atomic E-state index is 0.0133. The van der Waals surface area contributed by atoms with E-state index in [2.05, 4.69) is 15.9 Å². The first-order valence-corrected chi connectivity index (χ1v) is 8.02. The molecule has 0 bridgehead atoms. The molecule has 7 nitrogen and oxygen atoms in total. The summed E-state index contributed by atoms with van der Waals surface area (Å²) < 4.78 is 25.9. The van der Waals surface area contributed by atoms with E-state index in [1.54, 1.807) is 6.92 Å². The average Bonchev–Trinajstić information content (AvgIpc) is 2.57. The topological polar surface area (TPSA) is 124 Å². The molecule has 0 saturated carbocycles. The Bertz CT molecular complexity index is 575. The summed E-state index contributed by atoms with van der Waals surface area (Å²) in [6, 6.07) is 1.44. The van der Waals surface area contributed by atoms with Gasteiger partial charge in [0.25, 0.3) is 10.0 Å². The maximum Gasteiger partial charge on any atom is 0.253 e. The Kier molecular flexibility index (Phi) is 5.07. The fourth-order valence-electron chi connectivity index (χ4n) is 1.26. The van der Waals surface area contributed by atoms with E-state index in [0.29, 0.717) is 8.09 Å². The third-order valence-corrected chi connectivity index (χ3v) is 6.47. The first kappa shape index (κ1) is 16.1. The summed E-state index contributed by atoms with van der Waals surface area (Å²) in [5, 5.41) is 0. The molecule has 0 unspecified atom stereocenters. The first-order chi connectivity index (χ1) is 8.64. The Hall–Kier alpha value is -0.970. The van der Waals surface area contributed by atoms with Crippen molar-refractivity contribution in [1.29, 1.82) is 0 Å². The minimum atomic E-state index is -3.97. The predicted molar refractivity (Wildman–Crippen MR) is 73.9 cm³/mol. The van der Waals surface area contributed by atoms with Gasteiger partial charge < -0.3 is 11.5 Å². The number of carbonyl (C=O) groups excluding carboxylic acids is 2. The largest absolute Gasteiger partial charge is 0.369 e. The van der Waals surface area contributed by atoms with Crippen molar-refractivity contribution >= 4 is 49.1 Å². The summed E-state index contributed by atoms with van der Waals surface area (Å²) in [5.41, 5.74) is 10.7. The molecule has 106 valence electrons. The fraction of sp³-hybridized carbons (Fsp3) is 0.333. The van der Waals surface area contributed by atoms with Crippen LogP contribution in [0.15, 0.2) is 14.1 Å². The molecule has 1 heterocycles. The molecule has 0 atom stereocenters. The molecule has 0 aliphatic rings. The monoisotopic (exact) mass is 369 g/mol. The average molecular weight is 370 g/mol. The highest BCUT2D eigenvalue weighted by molar-refractivity contribution is 9.11. The number of thiophene rings is 1. The summed E-state index contributed by atoms with van der Waals surface area (Å²) in [4.78, 5) is 21.8. The van der Waals surface area contributed by atoms with Crippen LogP contribution < -0.4 is 11.5 Å². The van der Waals surface area contributed by atoms with Crippen LogP contribution in [-0.4, -0.2) is 37.6 Å².